The van der Waals surface area contributed by atoms with Crippen molar-refractivity contribution in [1.82, 2.24) is 10.2 Å². The number of nitrogens with one attached hydrogen (secondary N) is 2. The van der Waals surface area contributed by atoms with Crippen molar-refractivity contribution in [2.75, 3.05) is 25.8 Å². The van der Waals surface area contributed by atoms with E-state index in [1.165, 1.54) is 26.2 Å². The third-order valence-corrected chi connectivity index (χ3v) is 5.20. The zero-order valence-electron chi connectivity index (χ0n) is 17.0. The highest BCUT2D eigenvalue weighted by atomic mass is 16.7. The molecule has 1 unspecified atom stereocenters. The van der Waals surface area contributed by atoms with Gasteiger partial charge in [-0.3, -0.25) is 24.6 Å². The van der Waals surface area contributed by atoms with Crippen LogP contribution in [0, 0.1) is 10.1 Å². The summed E-state index contributed by atoms with van der Waals surface area (Å²) in [7, 11) is 1.35. The van der Waals surface area contributed by atoms with Crippen LogP contribution >= 0.6 is 0 Å². The molecule has 1 fully saturated rings. The van der Waals surface area contributed by atoms with Gasteiger partial charge in [0.2, 0.25) is 12.7 Å². The van der Waals surface area contributed by atoms with E-state index < -0.39 is 34.9 Å². The summed E-state index contributed by atoms with van der Waals surface area (Å²) in [6.07, 6.45) is 0. The molecule has 0 aromatic heterocycles. The summed E-state index contributed by atoms with van der Waals surface area (Å²) < 4.78 is 15.5. The minimum atomic E-state index is -1.43. The molecule has 166 valence electrons. The number of anilines is 1. The zero-order chi connectivity index (χ0) is 23.0. The van der Waals surface area contributed by atoms with E-state index in [1.54, 1.807) is 18.2 Å². The van der Waals surface area contributed by atoms with Gasteiger partial charge < -0.3 is 24.8 Å². The monoisotopic (exact) mass is 442 g/mol. The van der Waals surface area contributed by atoms with Crippen molar-refractivity contribution in [3.05, 3.63) is 52.1 Å². The van der Waals surface area contributed by atoms with Gasteiger partial charge in [-0.05, 0) is 36.8 Å². The number of urea groups is 1. The Morgan fingerprint density at radius 3 is 2.72 bits per heavy atom. The first-order chi connectivity index (χ1) is 15.2. The van der Waals surface area contributed by atoms with E-state index in [4.69, 9.17) is 14.2 Å². The summed E-state index contributed by atoms with van der Waals surface area (Å²) in [4.78, 5) is 49.4. The van der Waals surface area contributed by atoms with Crippen LogP contribution in [0.15, 0.2) is 36.4 Å². The van der Waals surface area contributed by atoms with Crippen LogP contribution in [0.1, 0.15) is 12.5 Å². The quantitative estimate of drug-likeness (QED) is 0.390. The fourth-order valence-corrected chi connectivity index (χ4v) is 3.47. The highest BCUT2D eigenvalue weighted by molar-refractivity contribution is 6.10. The van der Waals surface area contributed by atoms with Crippen LogP contribution in [0.4, 0.5) is 16.2 Å². The van der Waals surface area contributed by atoms with E-state index in [1.807, 2.05) is 0 Å². The van der Waals surface area contributed by atoms with Gasteiger partial charge in [-0.15, -0.1) is 0 Å². The van der Waals surface area contributed by atoms with Gasteiger partial charge in [0, 0.05) is 0 Å². The summed E-state index contributed by atoms with van der Waals surface area (Å²) in [6, 6.07) is 7.96. The van der Waals surface area contributed by atoms with E-state index in [0.717, 1.165) is 11.0 Å². The lowest BCUT2D eigenvalue weighted by molar-refractivity contribution is -0.384. The number of amides is 4. The highest BCUT2D eigenvalue weighted by Crippen LogP contribution is 2.38. The summed E-state index contributed by atoms with van der Waals surface area (Å²) in [5.74, 6) is -0.235. The molecule has 2 heterocycles. The van der Waals surface area contributed by atoms with Crippen molar-refractivity contribution in [3.63, 3.8) is 0 Å². The molecule has 0 spiro atoms. The molecule has 1 atom stereocenters. The molecule has 2 N–H and O–H groups in total. The number of imide groups is 1. The molecule has 2 aromatic carbocycles. The van der Waals surface area contributed by atoms with Crippen LogP contribution in [-0.4, -0.2) is 48.1 Å². The molecule has 2 aliphatic heterocycles. The summed E-state index contributed by atoms with van der Waals surface area (Å²) in [5, 5.41) is 16.2. The first-order valence-corrected chi connectivity index (χ1v) is 9.39. The average molecular weight is 442 g/mol. The molecule has 32 heavy (non-hydrogen) atoms. The minimum absolute atomic E-state index is 0.0552. The summed E-state index contributed by atoms with van der Waals surface area (Å²) in [6.45, 7) is 0.935. The van der Waals surface area contributed by atoms with Gasteiger partial charge >= 0.3 is 6.03 Å². The van der Waals surface area contributed by atoms with Crippen LogP contribution < -0.4 is 24.8 Å². The molecule has 0 bridgehead atoms. The van der Waals surface area contributed by atoms with E-state index in [-0.39, 0.29) is 23.9 Å². The number of ether oxygens (including phenoxy) is 3. The van der Waals surface area contributed by atoms with Gasteiger partial charge in [0.05, 0.1) is 18.1 Å². The second kappa shape index (κ2) is 7.72. The Morgan fingerprint density at radius 1 is 1.25 bits per heavy atom. The van der Waals surface area contributed by atoms with Crippen LogP contribution in [0.2, 0.25) is 0 Å². The third-order valence-electron chi connectivity index (χ3n) is 5.20. The standard InChI is InChI=1S/C20H18N4O8/c1-20(11-3-6-15-16(7-11)32-10-31-15)18(26)23(19(27)22-20)9-17(25)21-13-5-4-12(30-2)8-14(13)24(28)29/h3-8H,9-10H2,1-2H3,(H,21,25)(H,22,27). The number of fused-ring (bicyclic) bond motifs is 1. The largest absolute Gasteiger partial charge is 0.496 e. The molecule has 4 rings (SSSR count). The number of rotatable bonds is 6. The van der Waals surface area contributed by atoms with Gasteiger partial charge in [-0.25, -0.2) is 4.79 Å². The highest BCUT2D eigenvalue weighted by Gasteiger charge is 2.50. The molecule has 2 aromatic rings. The molecule has 12 nitrogen and oxygen atoms in total. The Kier molecular flexibility index (Phi) is 5.04. The molecule has 1 saturated heterocycles. The van der Waals surface area contributed by atoms with Crippen LogP contribution in [0.25, 0.3) is 0 Å². The maximum atomic E-state index is 13.1. The molecular weight excluding hydrogens is 424 g/mol. The Bertz CT molecular complexity index is 1150. The maximum absolute atomic E-state index is 13.1. The van der Waals surface area contributed by atoms with Crippen molar-refractivity contribution in [2.45, 2.75) is 12.5 Å². The summed E-state index contributed by atoms with van der Waals surface area (Å²) >= 11 is 0. The fraction of sp³-hybridized carbons (Fsp3) is 0.250. The van der Waals surface area contributed by atoms with Crippen LogP contribution in [-0.2, 0) is 15.1 Å². The molecule has 12 heteroatoms. The van der Waals surface area contributed by atoms with Crippen LogP contribution in [0.5, 0.6) is 17.2 Å². The van der Waals surface area contributed by atoms with Gasteiger partial charge in [0.15, 0.2) is 11.5 Å². The van der Waals surface area contributed by atoms with Crippen molar-refractivity contribution in [3.8, 4) is 17.2 Å². The molecular formula is C20H18N4O8. The van der Waals surface area contributed by atoms with E-state index in [2.05, 4.69) is 10.6 Å². The molecule has 0 aliphatic carbocycles. The Morgan fingerprint density at radius 2 is 2.00 bits per heavy atom. The van der Waals surface area contributed by atoms with Gasteiger partial charge in [0.25, 0.3) is 11.6 Å². The second-order valence-electron chi connectivity index (χ2n) is 7.20. The topological polar surface area (TPSA) is 149 Å². The fourth-order valence-electron chi connectivity index (χ4n) is 3.47. The maximum Gasteiger partial charge on any atom is 0.325 e. The van der Waals surface area contributed by atoms with Gasteiger partial charge in [-0.1, -0.05) is 6.07 Å². The lowest BCUT2D eigenvalue weighted by Gasteiger charge is -2.22. The third kappa shape index (κ3) is 3.51. The lowest BCUT2D eigenvalue weighted by atomic mass is 9.91. The number of benzene rings is 2. The van der Waals surface area contributed by atoms with E-state index in [9.17, 15) is 24.5 Å². The number of carbonyl (C=O) groups excluding carboxylic acids is 3. The lowest BCUT2D eigenvalue weighted by Crippen LogP contribution is -2.42. The molecule has 2 aliphatic rings. The van der Waals surface area contributed by atoms with E-state index >= 15 is 0 Å². The Balaban J connectivity index is 1.52. The van der Waals surface area contributed by atoms with Crippen molar-refractivity contribution >= 4 is 29.2 Å². The van der Waals surface area contributed by atoms with Crippen LogP contribution in [0.3, 0.4) is 0 Å². The first-order valence-electron chi connectivity index (χ1n) is 9.39. The normalized spacial score (nSPS) is 19.0. The number of nitrogens with zero attached hydrogens (tertiary/aromatic N) is 2. The van der Waals surface area contributed by atoms with Crippen molar-refractivity contribution in [1.29, 1.82) is 0 Å². The predicted molar refractivity (Wildman–Crippen MR) is 108 cm³/mol. The average Bonchev–Trinajstić information content (AvgIpc) is 3.32. The second-order valence-corrected chi connectivity index (χ2v) is 7.20. The number of carbonyl (C=O) groups is 3. The number of nitro groups is 1. The number of nitro benzene ring substituents is 1. The number of hydrogen-bond acceptors (Lipinski definition) is 8. The smallest absolute Gasteiger partial charge is 0.325 e. The molecule has 0 saturated carbocycles. The van der Waals surface area contributed by atoms with Crippen molar-refractivity contribution < 1.29 is 33.5 Å². The number of methoxy groups -OCH3 is 1. The van der Waals surface area contributed by atoms with Crippen molar-refractivity contribution in [2.24, 2.45) is 0 Å². The minimum Gasteiger partial charge on any atom is -0.496 e. The molecule has 0 radical (unpaired) electrons. The summed E-state index contributed by atoms with van der Waals surface area (Å²) in [5.41, 5.74) is -1.45. The Labute approximate surface area is 181 Å². The molecule has 4 amide bonds. The SMILES string of the molecule is COc1ccc(NC(=O)CN2C(=O)NC(C)(c3ccc4c(c3)OCO4)C2=O)c([N+](=O)[O-])c1. The number of hydrogen-bond donors (Lipinski definition) is 2. The zero-order valence-corrected chi connectivity index (χ0v) is 17.0. The van der Waals surface area contributed by atoms with Gasteiger partial charge in [0.1, 0.15) is 23.5 Å². The first kappa shape index (κ1) is 20.9. The van der Waals surface area contributed by atoms with Gasteiger partial charge in [-0.2, -0.15) is 0 Å². The van der Waals surface area contributed by atoms with E-state index in [0.29, 0.717) is 17.1 Å². The predicted octanol–water partition coefficient (Wildman–Crippen LogP) is 1.74. The Hall–Kier alpha value is -4.35.